The van der Waals surface area contributed by atoms with Crippen LogP contribution in [0.15, 0.2) is 46.4 Å². The molecule has 2 aromatic rings. The molecule has 9 heteroatoms. The summed E-state index contributed by atoms with van der Waals surface area (Å²) in [4.78, 5) is 34.9. The van der Waals surface area contributed by atoms with Gasteiger partial charge in [-0.25, -0.2) is 4.79 Å². The van der Waals surface area contributed by atoms with E-state index in [0.29, 0.717) is 26.6 Å². The van der Waals surface area contributed by atoms with E-state index in [2.05, 4.69) is 15.9 Å². The zero-order valence-electron chi connectivity index (χ0n) is 14.5. The van der Waals surface area contributed by atoms with E-state index in [1.165, 1.54) is 13.2 Å². The second-order valence-corrected chi connectivity index (χ2v) is 6.97. The minimum absolute atomic E-state index is 0.196. The predicted molar refractivity (Wildman–Crippen MR) is 106 cm³/mol. The van der Waals surface area contributed by atoms with Gasteiger partial charge >= 0.3 is 6.03 Å². The largest absolute Gasteiger partial charge is 0.493 e. The van der Waals surface area contributed by atoms with E-state index < -0.39 is 17.8 Å². The number of hydrogen-bond donors (Lipinski definition) is 2. The normalized spacial score (nSPS) is 13.7. The van der Waals surface area contributed by atoms with E-state index in [1.54, 1.807) is 18.2 Å². The number of methoxy groups -OCH3 is 1. The molecule has 1 fully saturated rings. The summed E-state index contributed by atoms with van der Waals surface area (Å²) >= 11 is 9.56. The second-order valence-electron chi connectivity index (χ2n) is 5.71. The first-order valence-electron chi connectivity index (χ1n) is 8.01. The standard InChI is InChI=1S/C19H14BrClN2O5/c1-27-15-8-10(6-12-17(24)22-19(26)23-18(12)25)7-13(20)16(15)28-9-11-4-2-3-5-14(11)21/h2-8H,9H2,1H3,(H2,22,23,24,25,26). The highest BCUT2D eigenvalue weighted by Gasteiger charge is 2.27. The third-order valence-electron chi connectivity index (χ3n) is 3.84. The van der Waals surface area contributed by atoms with Gasteiger partial charge in [-0.2, -0.15) is 0 Å². The second kappa shape index (κ2) is 8.45. The van der Waals surface area contributed by atoms with Crippen molar-refractivity contribution in [3.05, 3.63) is 62.6 Å². The zero-order chi connectivity index (χ0) is 20.3. The van der Waals surface area contributed by atoms with Crippen LogP contribution < -0.4 is 20.1 Å². The summed E-state index contributed by atoms with van der Waals surface area (Å²) in [6.45, 7) is 0.224. The third kappa shape index (κ3) is 4.35. The molecule has 2 N–H and O–H groups in total. The van der Waals surface area contributed by atoms with E-state index in [9.17, 15) is 14.4 Å². The Morgan fingerprint density at radius 3 is 2.43 bits per heavy atom. The van der Waals surface area contributed by atoms with Crippen LogP contribution in [0.25, 0.3) is 6.08 Å². The van der Waals surface area contributed by atoms with Crippen LogP contribution in [0.5, 0.6) is 11.5 Å². The molecule has 3 rings (SSSR count). The maximum Gasteiger partial charge on any atom is 0.328 e. The lowest BCUT2D eigenvalue weighted by Gasteiger charge is -2.16. The molecular weight excluding hydrogens is 452 g/mol. The van der Waals surface area contributed by atoms with E-state index >= 15 is 0 Å². The van der Waals surface area contributed by atoms with Crippen LogP contribution >= 0.6 is 27.5 Å². The topological polar surface area (TPSA) is 93.7 Å². The molecule has 0 radical (unpaired) electrons. The molecule has 0 atom stereocenters. The van der Waals surface area contributed by atoms with Gasteiger partial charge in [0.05, 0.1) is 11.6 Å². The Bertz CT molecular complexity index is 984. The van der Waals surface area contributed by atoms with Gasteiger partial charge in [-0.3, -0.25) is 20.2 Å². The van der Waals surface area contributed by atoms with Crippen molar-refractivity contribution in [1.82, 2.24) is 10.6 Å². The van der Waals surface area contributed by atoms with Gasteiger partial charge < -0.3 is 9.47 Å². The summed E-state index contributed by atoms with van der Waals surface area (Å²) in [5.41, 5.74) is 1.12. The van der Waals surface area contributed by atoms with Crippen molar-refractivity contribution in [2.75, 3.05) is 7.11 Å². The first kappa shape index (κ1) is 19.9. The fraction of sp³-hybridized carbons (Fsp3) is 0.105. The van der Waals surface area contributed by atoms with Crippen LogP contribution in [0.2, 0.25) is 5.02 Å². The molecule has 1 aliphatic rings. The summed E-state index contributed by atoms with van der Waals surface area (Å²) in [5, 5.41) is 4.63. The van der Waals surface area contributed by atoms with Crippen LogP contribution in [0.4, 0.5) is 4.79 Å². The van der Waals surface area contributed by atoms with Crippen molar-refractivity contribution < 1.29 is 23.9 Å². The monoisotopic (exact) mass is 464 g/mol. The lowest BCUT2D eigenvalue weighted by atomic mass is 10.1. The first-order valence-corrected chi connectivity index (χ1v) is 9.18. The fourth-order valence-corrected chi connectivity index (χ4v) is 3.27. The molecule has 1 aliphatic heterocycles. The molecule has 2 aromatic carbocycles. The van der Waals surface area contributed by atoms with Gasteiger partial charge in [0.25, 0.3) is 11.8 Å². The smallest absolute Gasteiger partial charge is 0.328 e. The van der Waals surface area contributed by atoms with E-state index in [0.717, 1.165) is 5.56 Å². The summed E-state index contributed by atoms with van der Waals surface area (Å²) in [7, 11) is 1.47. The highest BCUT2D eigenvalue weighted by atomic mass is 79.9. The van der Waals surface area contributed by atoms with Crippen LogP contribution in [0, 0.1) is 0 Å². The number of carbonyl (C=O) groups excluding carboxylic acids is 3. The fourth-order valence-electron chi connectivity index (χ4n) is 2.50. The number of amides is 4. The Kier molecular flexibility index (Phi) is 6.01. The lowest BCUT2D eigenvalue weighted by molar-refractivity contribution is -0.123. The SMILES string of the molecule is COc1cc(C=C2C(=O)NC(=O)NC2=O)cc(Br)c1OCc1ccccc1Cl. The molecular formula is C19H14BrClN2O5. The third-order valence-corrected chi connectivity index (χ3v) is 4.79. The molecule has 0 spiro atoms. The van der Waals surface area contributed by atoms with Gasteiger partial charge in [-0.05, 0) is 45.8 Å². The molecule has 7 nitrogen and oxygen atoms in total. The Morgan fingerprint density at radius 2 is 1.79 bits per heavy atom. The number of barbiturate groups is 1. The van der Waals surface area contributed by atoms with Crippen molar-refractivity contribution in [2.24, 2.45) is 0 Å². The summed E-state index contributed by atoms with van der Waals surface area (Å²) in [6, 6.07) is 9.72. The number of rotatable bonds is 5. The molecule has 28 heavy (non-hydrogen) atoms. The highest BCUT2D eigenvalue weighted by molar-refractivity contribution is 9.10. The van der Waals surface area contributed by atoms with Crippen molar-refractivity contribution in [1.29, 1.82) is 0 Å². The van der Waals surface area contributed by atoms with Crippen LogP contribution in [-0.2, 0) is 16.2 Å². The molecule has 1 saturated heterocycles. The predicted octanol–water partition coefficient (Wildman–Crippen LogP) is 3.44. The lowest BCUT2D eigenvalue weighted by Crippen LogP contribution is -2.51. The zero-order valence-corrected chi connectivity index (χ0v) is 16.9. The molecule has 0 aromatic heterocycles. The van der Waals surface area contributed by atoms with Gasteiger partial charge in [0, 0.05) is 10.6 Å². The number of ether oxygens (including phenoxy) is 2. The number of hydrogen-bond acceptors (Lipinski definition) is 5. The van der Waals surface area contributed by atoms with Gasteiger partial charge in [0.1, 0.15) is 12.2 Å². The molecule has 0 aliphatic carbocycles. The quantitative estimate of drug-likeness (QED) is 0.521. The molecule has 4 amide bonds. The average Bonchev–Trinajstić information content (AvgIpc) is 2.64. The highest BCUT2D eigenvalue weighted by Crippen LogP contribution is 2.38. The maximum absolute atomic E-state index is 11.9. The first-order chi connectivity index (χ1) is 13.4. The van der Waals surface area contributed by atoms with Crippen LogP contribution in [0.1, 0.15) is 11.1 Å². The van der Waals surface area contributed by atoms with Gasteiger partial charge in [0.2, 0.25) is 0 Å². The Hall–Kier alpha value is -2.84. The Morgan fingerprint density at radius 1 is 1.11 bits per heavy atom. The number of carbonyl (C=O) groups is 3. The number of benzene rings is 2. The van der Waals surface area contributed by atoms with Crippen molar-refractivity contribution in [2.45, 2.75) is 6.61 Å². The summed E-state index contributed by atoms with van der Waals surface area (Å²) in [5.74, 6) is -0.718. The van der Waals surface area contributed by atoms with Crippen molar-refractivity contribution in [3.8, 4) is 11.5 Å². The van der Waals surface area contributed by atoms with Gasteiger partial charge in [0.15, 0.2) is 11.5 Å². The number of urea groups is 1. The van der Waals surface area contributed by atoms with Gasteiger partial charge in [-0.1, -0.05) is 29.8 Å². The molecule has 0 unspecified atom stereocenters. The molecule has 0 saturated carbocycles. The summed E-state index contributed by atoms with van der Waals surface area (Å²) < 4.78 is 11.8. The number of nitrogens with one attached hydrogen (secondary N) is 2. The van der Waals surface area contributed by atoms with E-state index in [-0.39, 0.29) is 12.2 Å². The maximum atomic E-state index is 11.9. The minimum atomic E-state index is -0.853. The van der Waals surface area contributed by atoms with Crippen molar-refractivity contribution >= 4 is 51.5 Å². The van der Waals surface area contributed by atoms with Crippen LogP contribution in [-0.4, -0.2) is 25.0 Å². The number of halogens is 2. The van der Waals surface area contributed by atoms with E-state index in [1.807, 2.05) is 28.8 Å². The number of imide groups is 2. The Labute approximate surface area is 173 Å². The molecule has 0 bridgehead atoms. The molecule has 1 heterocycles. The van der Waals surface area contributed by atoms with E-state index in [4.69, 9.17) is 21.1 Å². The van der Waals surface area contributed by atoms with Crippen molar-refractivity contribution in [3.63, 3.8) is 0 Å². The average molecular weight is 466 g/mol. The van der Waals surface area contributed by atoms with Gasteiger partial charge in [-0.15, -0.1) is 0 Å². The van der Waals surface area contributed by atoms with Crippen LogP contribution in [0.3, 0.4) is 0 Å². The Balaban J connectivity index is 1.88. The molecule has 144 valence electrons. The summed E-state index contributed by atoms with van der Waals surface area (Å²) in [6.07, 6.45) is 1.35. The minimum Gasteiger partial charge on any atom is -0.493 e.